The van der Waals surface area contributed by atoms with Gasteiger partial charge in [0.15, 0.2) is 5.11 Å². The first kappa shape index (κ1) is 19.4. The van der Waals surface area contributed by atoms with Gasteiger partial charge in [0.05, 0.1) is 4.92 Å². The number of nitrogens with one attached hydrogen (secondary N) is 2. The smallest absolute Gasteiger partial charge is 0.270 e. The van der Waals surface area contributed by atoms with Crippen LogP contribution in [0.3, 0.4) is 0 Å². The zero-order chi connectivity index (χ0) is 20.4. The van der Waals surface area contributed by atoms with Crippen molar-refractivity contribution in [2.24, 2.45) is 11.7 Å². The third-order valence-electron chi connectivity index (χ3n) is 4.70. The van der Waals surface area contributed by atoms with Gasteiger partial charge < -0.3 is 10.6 Å². The number of amides is 3. The van der Waals surface area contributed by atoms with Crippen molar-refractivity contribution in [3.63, 3.8) is 0 Å². The Morgan fingerprint density at radius 3 is 2.39 bits per heavy atom. The molecule has 0 unspecified atom stereocenters. The number of anilines is 1. The van der Waals surface area contributed by atoms with Gasteiger partial charge in [-0.05, 0) is 37.2 Å². The third-order valence-corrected chi connectivity index (χ3v) is 4.91. The van der Waals surface area contributed by atoms with Crippen molar-refractivity contribution in [1.82, 2.24) is 10.6 Å². The van der Waals surface area contributed by atoms with Gasteiger partial charge >= 0.3 is 0 Å². The maximum Gasteiger partial charge on any atom is 0.270 e. The second-order valence-electron chi connectivity index (χ2n) is 6.46. The quantitative estimate of drug-likeness (QED) is 0.214. The van der Waals surface area contributed by atoms with Crippen LogP contribution < -0.4 is 21.3 Å². The largest absolute Gasteiger partial charge is 0.371 e. The van der Waals surface area contributed by atoms with Crippen molar-refractivity contribution < 1.29 is 19.3 Å². The van der Waals surface area contributed by atoms with E-state index in [0.29, 0.717) is 37.2 Å². The minimum Gasteiger partial charge on any atom is -0.371 e. The highest BCUT2D eigenvalue weighted by atomic mass is 32.1. The van der Waals surface area contributed by atoms with Crippen LogP contribution in [0.25, 0.3) is 6.08 Å². The Hall–Kier alpha value is -3.34. The number of non-ortho nitro benzene ring substituents is 1. The molecule has 2 aliphatic rings. The summed E-state index contributed by atoms with van der Waals surface area (Å²) in [4.78, 5) is 48.2. The van der Waals surface area contributed by atoms with Gasteiger partial charge in [0.2, 0.25) is 5.91 Å². The van der Waals surface area contributed by atoms with Crippen LogP contribution in [0.2, 0.25) is 0 Å². The molecule has 0 saturated carbocycles. The lowest BCUT2D eigenvalue weighted by atomic mass is 9.95. The summed E-state index contributed by atoms with van der Waals surface area (Å²) in [7, 11) is 0. The van der Waals surface area contributed by atoms with Crippen LogP contribution in [-0.2, 0) is 14.4 Å². The first-order valence-corrected chi connectivity index (χ1v) is 8.88. The van der Waals surface area contributed by atoms with Crippen molar-refractivity contribution in [1.29, 1.82) is 0 Å². The van der Waals surface area contributed by atoms with Crippen LogP contribution in [0.5, 0.6) is 0 Å². The molecular weight excluding hydrogens is 386 g/mol. The fourth-order valence-corrected chi connectivity index (χ4v) is 3.41. The van der Waals surface area contributed by atoms with Crippen LogP contribution in [-0.4, -0.2) is 40.8 Å². The number of piperidine rings is 1. The third kappa shape index (κ3) is 3.98. The molecule has 3 rings (SSSR count). The Morgan fingerprint density at radius 2 is 1.86 bits per heavy atom. The van der Waals surface area contributed by atoms with E-state index < -0.39 is 16.7 Å². The Bertz CT molecular complexity index is 899. The highest BCUT2D eigenvalue weighted by Gasteiger charge is 2.28. The van der Waals surface area contributed by atoms with E-state index in [9.17, 15) is 24.5 Å². The lowest BCUT2D eigenvalue weighted by Gasteiger charge is -2.33. The predicted molar refractivity (Wildman–Crippen MR) is 104 cm³/mol. The summed E-state index contributed by atoms with van der Waals surface area (Å²) < 4.78 is 0. The maximum absolute atomic E-state index is 12.1. The molecule has 1 aromatic rings. The minimum absolute atomic E-state index is 0.0973. The summed E-state index contributed by atoms with van der Waals surface area (Å²) in [5, 5.41) is 15.7. The maximum atomic E-state index is 12.1. The highest BCUT2D eigenvalue weighted by molar-refractivity contribution is 7.80. The number of hydrogen-bond acceptors (Lipinski definition) is 7. The van der Waals surface area contributed by atoms with Gasteiger partial charge in [-0.1, -0.05) is 0 Å². The summed E-state index contributed by atoms with van der Waals surface area (Å²) in [5.74, 6) is -1.93. The van der Waals surface area contributed by atoms with Crippen LogP contribution in [0.4, 0.5) is 11.4 Å². The van der Waals surface area contributed by atoms with Crippen molar-refractivity contribution in [3.8, 4) is 0 Å². The van der Waals surface area contributed by atoms with E-state index >= 15 is 0 Å². The fraction of sp³-hybridized carbons (Fsp3) is 0.294. The molecule has 11 heteroatoms. The molecule has 2 saturated heterocycles. The molecule has 0 atom stereocenters. The number of nitro groups is 1. The number of carbonyl (C=O) groups is 3. The number of rotatable bonds is 4. The number of nitrogens with two attached hydrogens (primary N) is 1. The molecule has 28 heavy (non-hydrogen) atoms. The lowest BCUT2D eigenvalue weighted by Crippen LogP contribution is -2.51. The predicted octanol–water partition coefficient (Wildman–Crippen LogP) is 0.211. The van der Waals surface area contributed by atoms with E-state index in [1.165, 1.54) is 18.2 Å². The zero-order valence-electron chi connectivity index (χ0n) is 14.6. The molecule has 4 N–H and O–H groups in total. The number of nitrogens with zero attached hydrogens (tertiary/aromatic N) is 2. The van der Waals surface area contributed by atoms with Gasteiger partial charge in [0.25, 0.3) is 17.5 Å². The first-order valence-electron chi connectivity index (χ1n) is 8.47. The van der Waals surface area contributed by atoms with E-state index in [0.717, 1.165) is 0 Å². The molecule has 146 valence electrons. The number of carbonyl (C=O) groups excluding carboxylic acids is 3. The molecule has 0 radical (unpaired) electrons. The molecule has 0 aromatic heterocycles. The summed E-state index contributed by atoms with van der Waals surface area (Å²) >= 11 is 4.77. The Kier molecular flexibility index (Phi) is 5.36. The highest BCUT2D eigenvalue weighted by Crippen LogP contribution is 2.31. The number of thiocarbonyl (C=S) groups is 1. The lowest BCUT2D eigenvalue weighted by molar-refractivity contribution is -0.384. The molecule has 0 aliphatic carbocycles. The van der Waals surface area contributed by atoms with Gasteiger partial charge in [-0.25, -0.2) is 0 Å². The Morgan fingerprint density at radius 1 is 1.25 bits per heavy atom. The molecule has 0 spiro atoms. The number of primary amides is 1. The van der Waals surface area contributed by atoms with Crippen LogP contribution in [0.15, 0.2) is 23.8 Å². The standard InChI is InChI=1S/C17H17N5O5S/c18-14(23)9-3-5-21(6-4-9)13-2-1-11(22(26)27)7-10(13)8-12-15(24)19-17(28)20-16(12)25/h1-2,7-9H,3-6H2,(H2,18,23)(H2,19,20,24,25,28). The SMILES string of the molecule is NC(=O)C1CCN(c2ccc([N+](=O)[O-])cc2C=C2C(=O)NC(=S)NC2=O)CC1. The molecule has 2 fully saturated rings. The van der Waals surface area contributed by atoms with E-state index in [4.69, 9.17) is 18.0 Å². The molecular formula is C17H17N5O5S. The van der Waals surface area contributed by atoms with Crippen LogP contribution >= 0.6 is 12.2 Å². The fourth-order valence-electron chi connectivity index (χ4n) is 3.23. The molecule has 0 bridgehead atoms. The summed E-state index contributed by atoms with van der Waals surface area (Å²) in [5.41, 5.74) is 5.95. The Balaban J connectivity index is 1.98. The monoisotopic (exact) mass is 403 g/mol. The topological polar surface area (TPSA) is 148 Å². The summed E-state index contributed by atoms with van der Waals surface area (Å²) in [6.07, 6.45) is 2.41. The van der Waals surface area contributed by atoms with Gasteiger partial charge in [-0.15, -0.1) is 0 Å². The van der Waals surface area contributed by atoms with Gasteiger partial charge in [-0.3, -0.25) is 35.1 Å². The second kappa shape index (κ2) is 7.72. The van der Waals surface area contributed by atoms with Gasteiger partial charge in [0.1, 0.15) is 5.57 Å². The first-order chi connectivity index (χ1) is 13.3. The zero-order valence-corrected chi connectivity index (χ0v) is 15.5. The van der Waals surface area contributed by atoms with Crippen molar-refractivity contribution in [2.75, 3.05) is 18.0 Å². The Labute approximate surface area is 164 Å². The van der Waals surface area contributed by atoms with Crippen molar-refractivity contribution in [2.45, 2.75) is 12.8 Å². The normalized spacial score (nSPS) is 17.8. The van der Waals surface area contributed by atoms with Crippen LogP contribution in [0.1, 0.15) is 18.4 Å². The molecule has 1 aromatic carbocycles. The molecule has 10 nitrogen and oxygen atoms in total. The van der Waals surface area contributed by atoms with E-state index in [1.807, 2.05) is 4.90 Å². The summed E-state index contributed by atoms with van der Waals surface area (Å²) in [6.45, 7) is 1.04. The molecule has 2 aliphatic heterocycles. The molecule has 2 heterocycles. The number of hydrogen-bond donors (Lipinski definition) is 3. The van der Waals surface area contributed by atoms with E-state index in [1.54, 1.807) is 6.07 Å². The van der Waals surface area contributed by atoms with Gasteiger partial charge in [-0.2, -0.15) is 0 Å². The van der Waals surface area contributed by atoms with E-state index in [-0.39, 0.29) is 28.2 Å². The second-order valence-corrected chi connectivity index (χ2v) is 6.87. The van der Waals surface area contributed by atoms with Crippen molar-refractivity contribution in [3.05, 3.63) is 39.4 Å². The molecule has 3 amide bonds. The number of nitro benzene ring substituents is 1. The number of benzene rings is 1. The average Bonchev–Trinajstić information content (AvgIpc) is 2.64. The average molecular weight is 403 g/mol. The van der Waals surface area contributed by atoms with Crippen molar-refractivity contribution >= 4 is 52.5 Å². The summed E-state index contributed by atoms with van der Waals surface area (Å²) in [6, 6.07) is 4.22. The van der Waals surface area contributed by atoms with Gasteiger partial charge in [0, 0.05) is 42.4 Å². The minimum atomic E-state index is -0.682. The van der Waals surface area contributed by atoms with Crippen LogP contribution in [0, 0.1) is 16.0 Å². The van der Waals surface area contributed by atoms with E-state index in [2.05, 4.69) is 10.6 Å².